The lowest BCUT2D eigenvalue weighted by molar-refractivity contribution is 0.0690. The first-order valence-corrected chi connectivity index (χ1v) is 9.85. The van der Waals surface area contributed by atoms with Gasteiger partial charge in [0.25, 0.3) is 0 Å². The van der Waals surface area contributed by atoms with E-state index in [1.807, 2.05) is 48.5 Å². The lowest BCUT2D eigenvalue weighted by Gasteiger charge is -2.10. The van der Waals surface area contributed by atoms with Crippen molar-refractivity contribution < 1.29 is 9.90 Å². The number of thioether (sulfide) groups is 1. The Balaban J connectivity index is 1.96. The largest absolute Gasteiger partial charge is 0.478 e. The lowest BCUT2D eigenvalue weighted by atomic mass is 10.2. The van der Waals surface area contributed by atoms with Gasteiger partial charge in [-0.25, -0.2) is 14.8 Å². The van der Waals surface area contributed by atoms with E-state index >= 15 is 0 Å². The predicted molar refractivity (Wildman–Crippen MR) is 108 cm³/mol. The van der Waals surface area contributed by atoms with Gasteiger partial charge in [0.15, 0.2) is 5.82 Å². The Morgan fingerprint density at radius 3 is 2.38 bits per heavy atom. The number of carboxylic acid groups (broad SMARTS) is 1. The summed E-state index contributed by atoms with van der Waals surface area (Å²) in [6.07, 6.45) is 0. The van der Waals surface area contributed by atoms with Gasteiger partial charge in [-0.15, -0.1) is 11.8 Å². The Bertz CT molecular complexity index is 947. The highest BCUT2D eigenvalue weighted by Gasteiger charge is 2.19. The van der Waals surface area contributed by atoms with E-state index in [1.54, 1.807) is 6.92 Å². The quantitative estimate of drug-likeness (QED) is 0.390. The maximum atomic E-state index is 11.7. The average molecular weight is 450 g/mol. The Kier molecular flexibility index (Phi) is 5.96. The number of hydrogen-bond donors (Lipinski definition) is 1. The van der Waals surface area contributed by atoms with Crippen LogP contribution < -0.4 is 0 Å². The molecule has 4 nitrogen and oxygen atoms in total. The van der Waals surface area contributed by atoms with Gasteiger partial charge in [0.1, 0.15) is 10.6 Å². The molecule has 7 heteroatoms. The molecular formula is C19H14BrClN2O2S. The van der Waals surface area contributed by atoms with Crippen molar-refractivity contribution in [2.75, 3.05) is 0 Å². The van der Waals surface area contributed by atoms with Crippen LogP contribution in [-0.4, -0.2) is 21.0 Å². The Labute approximate surface area is 168 Å². The molecule has 0 aliphatic carbocycles. The van der Waals surface area contributed by atoms with Gasteiger partial charge in [0.05, 0.1) is 5.69 Å². The molecule has 0 unspecified atom stereocenters. The van der Waals surface area contributed by atoms with Gasteiger partial charge in [-0.1, -0.05) is 51.8 Å². The van der Waals surface area contributed by atoms with E-state index in [2.05, 4.69) is 25.9 Å². The molecule has 0 saturated heterocycles. The number of aromatic carboxylic acids is 1. The predicted octanol–water partition coefficient (Wildman–Crippen LogP) is 5.86. The Morgan fingerprint density at radius 1 is 1.12 bits per heavy atom. The van der Waals surface area contributed by atoms with Crippen molar-refractivity contribution in [1.29, 1.82) is 0 Å². The number of rotatable bonds is 5. The van der Waals surface area contributed by atoms with Crippen LogP contribution in [0.15, 0.2) is 58.0 Å². The summed E-state index contributed by atoms with van der Waals surface area (Å²) in [7, 11) is 0. The van der Waals surface area contributed by atoms with Crippen molar-refractivity contribution >= 4 is 45.3 Å². The second-order valence-corrected chi connectivity index (χ2v) is 7.86. The van der Waals surface area contributed by atoms with Gasteiger partial charge >= 0.3 is 5.97 Å². The second-order valence-electron chi connectivity index (χ2n) is 5.54. The van der Waals surface area contributed by atoms with Gasteiger partial charge in [-0.05, 0) is 36.8 Å². The average Bonchev–Trinajstić information content (AvgIpc) is 2.61. The maximum Gasteiger partial charge on any atom is 0.340 e. The number of hydrogen-bond acceptors (Lipinski definition) is 4. The molecule has 3 rings (SSSR count). The molecule has 0 atom stereocenters. The summed E-state index contributed by atoms with van der Waals surface area (Å²) in [6, 6.07) is 15.1. The number of carboxylic acids is 1. The zero-order chi connectivity index (χ0) is 18.7. The van der Waals surface area contributed by atoms with Crippen molar-refractivity contribution in [1.82, 2.24) is 9.97 Å². The number of benzene rings is 2. The number of nitrogens with zero attached hydrogens (tertiary/aromatic N) is 2. The first-order chi connectivity index (χ1) is 12.4. The summed E-state index contributed by atoms with van der Waals surface area (Å²) in [6.45, 7) is 1.69. The molecule has 0 aliphatic heterocycles. The first-order valence-electron chi connectivity index (χ1n) is 7.69. The van der Waals surface area contributed by atoms with E-state index in [0.29, 0.717) is 27.3 Å². The van der Waals surface area contributed by atoms with Crippen molar-refractivity contribution in [3.05, 3.63) is 74.8 Å². The van der Waals surface area contributed by atoms with Crippen LogP contribution in [0.1, 0.15) is 21.6 Å². The summed E-state index contributed by atoms with van der Waals surface area (Å²) in [5.74, 6) is 0.0790. The van der Waals surface area contributed by atoms with Gasteiger partial charge in [-0.3, -0.25) is 0 Å². The molecule has 0 radical (unpaired) electrons. The Morgan fingerprint density at radius 2 is 1.77 bits per heavy atom. The fourth-order valence-electron chi connectivity index (χ4n) is 2.36. The van der Waals surface area contributed by atoms with Crippen LogP contribution >= 0.6 is 39.3 Å². The van der Waals surface area contributed by atoms with E-state index < -0.39 is 5.97 Å². The molecule has 1 heterocycles. The highest BCUT2D eigenvalue weighted by molar-refractivity contribution is 9.10. The highest BCUT2D eigenvalue weighted by Crippen LogP contribution is 2.29. The van der Waals surface area contributed by atoms with Crippen molar-refractivity contribution in [3.63, 3.8) is 0 Å². The molecule has 26 heavy (non-hydrogen) atoms. The minimum absolute atomic E-state index is 0.143. The smallest absolute Gasteiger partial charge is 0.340 e. The van der Waals surface area contributed by atoms with Crippen molar-refractivity contribution in [2.24, 2.45) is 0 Å². The summed E-state index contributed by atoms with van der Waals surface area (Å²) >= 11 is 10.7. The third-order valence-electron chi connectivity index (χ3n) is 3.66. The first kappa shape index (κ1) is 18.9. The molecule has 0 spiro atoms. The van der Waals surface area contributed by atoms with Crippen molar-refractivity contribution in [2.45, 2.75) is 17.7 Å². The van der Waals surface area contributed by atoms with E-state index in [1.165, 1.54) is 11.8 Å². The van der Waals surface area contributed by atoms with E-state index in [4.69, 9.17) is 11.6 Å². The minimum Gasteiger partial charge on any atom is -0.478 e. The van der Waals surface area contributed by atoms with Gasteiger partial charge < -0.3 is 5.11 Å². The summed E-state index contributed by atoms with van der Waals surface area (Å²) in [5, 5.41) is 10.7. The SMILES string of the molecule is Cc1nc(-c2ccc(Br)cc2)nc(SCc2ccc(Cl)cc2)c1C(=O)O. The summed E-state index contributed by atoms with van der Waals surface area (Å²) in [4.78, 5) is 20.6. The molecule has 0 aliphatic rings. The zero-order valence-corrected chi connectivity index (χ0v) is 16.9. The van der Waals surface area contributed by atoms with Crippen LogP contribution in [0.2, 0.25) is 5.02 Å². The normalized spacial score (nSPS) is 10.7. The van der Waals surface area contributed by atoms with E-state index in [0.717, 1.165) is 15.6 Å². The molecular weight excluding hydrogens is 436 g/mol. The zero-order valence-electron chi connectivity index (χ0n) is 13.7. The maximum absolute atomic E-state index is 11.7. The molecule has 0 saturated carbocycles. The van der Waals surface area contributed by atoms with Crippen LogP contribution in [0.4, 0.5) is 0 Å². The molecule has 132 valence electrons. The van der Waals surface area contributed by atoms with Crippen LogP contribution in [0, 0.1) is 6.92 Å². The second kappa shape index (κ2) is 8.20. The lowest BCUT2D eigenvalue weighted by Crippen LogP contribution is -2.08. The van der Waals surface area contributed by atoms with Gasteiger partial charge in [-0.2, -0.15) is 0 Å². The number of carbonyl (C=O) groups is 1. The topological polar surface area (TPSA) is 63.1 Å². The molecule has 0 bridgehead atoms. The van der Waals surface area contributed by atoms with Crippen molar-refractivity contribution in [3.8, 4) is 11.4 Å². The highest BCUT2D eigenvalue weighted by atomic mass is 79.9. The standard InChI is InChI=1S/C19H14BrClN2O2S/c1-11-16(19(24)25)18(26-10-12-2-8-15(21)9-3-12)23-17(22-11)13-4-6-14(20)7-5-13/h2-9H,10H2,1H3,(H,24,25). The van der Waals surface area contributed by atoms with Crippen LogP contribution in [0.3, 0.4) is 0 Å². The summed E-state index contributed by atoms with van der Waals surface area (Å²) in [5.41, 5.74) is 2.47. The van der Waals surface area contributed by atoms with E-state index in [-0.39, 0.29) is 5.56 Å². The van der Waals surface area contributed by atoms with E-state index in [9.17, 15) is 9.90 Å². The third kappa shape index (κ3) is 4.44. The number of aryl methyl sites for hydroxylation is 1. The molecule has 1 N–H and O–H groups in total. The molecule has 3 aromatic rings. The fourth-order valence-corrected chi connectivity index (χ4v) is 3.77. The summed E-state index contributed by atoms with van der Waals surface area (Å²) < 4.78 is 0.956. The van der Waals surface area contributed by atoms with Gasteiger partial charge in [0.2, 0.25) is 0 Å². The molecule has 0 fully saturated rings. The van der Waals surface area contributed by atoms with Gasteiger partial charge in [0, 0.05) is 20.8 Å². The van der Waals surface area contributed by atoms with Crippen LogP contribution in [0.5, 0.6) is 0 Å². The monoisotopic (exact) mass is 448 g/mol. The fraction of sp³-hybridized carbons (Fsp3) is 0.105. The molecule has 1 aromatic heterocycles. The molecule has 2 aromatic carbocycles. The van der Waals surface area contributed by atoms with Crippen LogP contribution in [-0.2, 0) is 5.75 Å². The number of aromatic nitrogens is 2. The number of halogens is 2. The van der Waals surface area contributed by atoms with Crippen LogP contribution in [0.25, 0.3) is 11.4 Å². The Hall–Kier alpha value is -1.89. The minimum atomic E-state index is -1.02. The third-order valence-corrected chi connectivity index (χ3v) is 5.49. The molecule has 0 amide bonds.